The number of hydrogen-bond acceptors (Lipinski definition) is 5. The van der Waals surface area contributed by atoms with Crippen molar-refractivity contribution in [3.8, 4) is 11.5 Å². The largest absolute Gasteiger partial charge is 0.497 e. The number of nitrogens with one attached hydrogen (secondary N) is 1. The van der Waals surface area contributed by atoms with Gasteiger partial charge in [0.25, 0.3) is 0 Å². The molecule has 1 saturated carbocycles. The number of ketones is 1. The highest BCUT2D eigenvalue weighted by molar-refractivity contribution is 6.26. The van der Waals surface area contributed by atoms with Gasteiger partial charge >= 0.3 is 0 Å². The van der Waals surface area contributed by atoms with Gasteiger partial charge in [0.05, 0.1) is 36.9 Å². The van der Waals surface area contributed by atoms with Gasteiger partial charge in [-0.1, -0.05) is 18.2 Å². The third kappa shape index (κ3) is 3.10. The average Bonchev–Trinajstić information content (AvgIpc) is 2.82. The van der Waals surface area contributed by atoms with E-state index in [4.69, 9.17) is 14.5 Å². The third-order valence-electron chi connectivity index (χ3n) is 5.18. The zero-order valence-corrected chi connectivity index (χ0v) is 15.7. The van der Waals surface area contributed by atoms with Crippen LogP contribution in [0.2, 0.25) is 0 Å². The summed E-state index contributed by atoms with van der Waals surface area (Å²) in [6, 6.07) is 13.6. The Morgan fingerprint density at radius 1 is 1.07 bits per heavy atom. The van der Waals surface area contributed by atoms with Crippen LogP contribution in [0.4, 0.5) is 11.4 Å². The molecule has 0 amide bonds. The lowest BCUT2D eigenvalue weighted by Gasteiger charge is -2.27. The molecule has 2 aromatic rings. The number of carbonyl (C=O) groups is 1. The van der Waals surface area contributed by atoms with Crippen molar-refractivity contribution in [3.63, 3.8) is 0 Å². The molecule has 0 bridgehead atoms. The van der Waals surface area contributed by atoms with Crippen molar-refractivity contribution in [2.24, 2.45) is 4.99 Å². The van der Waals surface area contributed by atoms with E-state index in [1.54, 1.807) is 14.2 Å². The van der Waals surface area contributed by atoms with Gasteiger partial charge in [0, 0.05) is 24.1 Å². The zero-order valence-electron chi connectivity index (χ0n) is 15.7. The Labute approximate surface area is 158 Å². The number of benzene rings is 2. The number of rotatable bonds is 3. The molecule has 1 N–H and O–H groups in total. The van der Waals surface area contributed by atoms with Crippen LogP contribution in [0.15, 0.2) is 58.7 Å². The molecule has 27 heavy (non-hydrogen) atoms. The molecule has 5 heteroatoms. The lowest BCUT2D eigenvalue weighted by atomic mass is 9.78. The first-order valence-electron chi connectivity index (χ1n) is 9.00. The molecule has 1 aliphatic heterocycles. The minimum Gasteiger partial charge on any atom is -0.497 e. The molecular formula is C22H22N2O3. The Hall–Kier alpha value is -3.08. The first kappa shape index (κ1) is 17.3. The van der Waals surface area contributed by atoms with E-state index in [0.29, 0.717) is 12.8 Å². The molecule has 5 nitrogen and oxygen atoms in total. The summed E-state index contributed by atoms with van der Waals surface area (Å²) < 4.78 is 10.8. The maximum Gasteiger partial charge on any atom is 0.167 e. The van der Waals surface area contributed by atoms with E-state index in [-0.39, 0.29) is 11.7 Å². The molecule has 0 unspecified atom stereocenters. The van der Waals surface area contributed by atoms with Gasteiger partial charge < -0.3 is 14.8 Å². The van der Waals surface area contributed by atoms with E-state index in [1.165, 1.54) is 0 Å². The Morgan fingerprint density at radius 3 is 2.67 bits per heavy atom. The molecule has 0 aromatic heterocycles. The van der Waals surface area contributed by atoms with E-state index in [0.717, 1.165) is 45.4 Å². The van der Waals surface area contributed by atoms with Crippen molar-refractivity contribution < 1.29 is 14.3 Å². The zero-order chi connectivity index (χ0) is 19.0. The Bertz CT molecular complexity index is 975. The molecule has 1 aliphatic carbocycles. The molecule has 2 aliphatic rings. The number of ether oxygens (including phenoxy) is 2. The van der Waals surface area contributed by atoms with Crippen molar-refractivity contribution in [2.45, 2.75) is 25.7 Å². The number of para-hydroxylation sites is 2. The Kier molecular flexibility index (Phi) is 4.44. The third-order valence-corrected chi connectivity index (χ3v) is 5.18. The molecule has 1 atom stereocenters. The van der Waals surface area contributed by atoms with Crippen LogP contribution >= 0.6 is 0 Å². The second-order valence-corrected chi connectivity index (χ2v) is 6.84. The summed E-state index contributed by atoms with van der Waals surface area (Å²) in [4.78, 5) is 17.8. The van der Waals surface area contributed by atoms with Gasteiger partial charge in [-0.05, 0) is 37.1 Å². The number of Topliss-reactive ketones (excluding diaryl/α,β-unsaturated/α-hetero) is 1. The maximum atomic E-state index is 13.0. The highest BCUT2D eigenvalue weighted by Gasteiger charge is 2.34. The topological polar surface area (TPSA) is 59.9 Å². The smallest absolute Gasteiger partial charge is 0.167 e. The summed E-state index contributed by atoms with van der Waals surface area (Å²) in [7, 11) is 3.27. The summed E-state index contributed by atoms with van der Waals surface area (Å²) in [6.07, 6.45) is 1.13. The van der Waals surface area contributed by atoms with Crippen LogP contribution in [0.25, 0.3) is 0 Å². The van der Waals surface area contributed by atoms with Crippen molar-refractivity contribution in [1.29, 1.82) is 0 Å². The van der Waals surface area contributed by atoms with Gasteiger partial charge in [-0.25, -0.2) is 0 Å². The first-order valence-corrected chi connectivity index (χ1v) is 9.00. The molecule has 0 spiro atoms. The van der Waals surface area contributed by atoms with Gasteiger partial charge in [-0.2, -0.15) is 0 Å². The highest BCUT2D eigenvalue weighted by atomic mass is 16.5. The van der Waals surface area contributed by atoms with Crippen molar-refractivity contribution in [2.75, 3.05) is 19.5 Å². The number of allylic oxidation sites excluding steroid dienone is 2. The second-order valence-electron chi connectivity index (χ2n) is 6.84. The van der Waals surface area contributed by atoms with Crippen LogP contribution in [0, 0.1) is 0 Å². The number of anilines is 1. The molecule has 1 heterocycles. The van der Waals surface area contributed by atoms with Gasteiger partial charge in [-0.3, -0.25) is 9.79 Å². The standard InChI is InChI=1S/C22H22N2O3/c1-13-22-19(24-18-7-5-4-6-17(18)23-13)10-14(11-20(22)25)16-9-8-15(26-2)12-21(16)27-3/h4-9,12,14,23H,10-11H2,1-3H3/t14-/m0/s1. The molecule has 0 saturated heterocycles. The lowest BCUT2D eigenvalue weighted by Crippen LogP contribution is -2.26. The SMILES string of the molecule is COc1ccc([C@@H]2CC(=O)C3=C(C)Nc4ccccc4N=C3C2)c(OC)c1. The lowest BCUT2D eigenvalue weighted by molar-refractivity contribution is -0.115. The highest BCUT2D eigenvalue weighted by Crippen LogP contribution is 2.41. The molecule has 1 fully saturated rings. The van der Waals surface area contributed by atoms with Crippen molar-refractivity contribution in [1.82, 2.24) is 0 Å². The second kappa shape index (κ2) is 6.91. The van der Waals surface area contributed by atoms with Crippen LogP contribution in [0.5, 0.6) is 11.5 Å². The van der Waals surface area contributed by atoms with Crippen molar-refractivity contribution in [3.05, 3.63) is 59.3 Å². The van der Waals surface area contributed by atoms with E-state index >= 15 is 0 Å². The molecule has 2 aromatic carbocycles. The molecule has 0 radical (unpaired) electrons. The molecule has 4 rings (SSSR count). The van der Waals surface area contributed by atoms with E-state index < -0.39 is 0 Å². The Balaban J connectivity index is 1.77. The average molecular weight is 362 g/mol. The fourth-order valence-corrected chi connectivity index (χ4v) is 3.88. The summed E-state index contributed by atoms with van der Waals surface area (Å²) in [5.41, 5.74) is 5.21. The summed E-state index contributed by atoms with van der Waals surface area (Å²) in [5, 5.41) is 3.35. The minimum atomic E-state index is 0.0268. The van der Waals surface area contributed by atoms with Crippen LogP contribution in [0.1, 0.15) is 31.2 Å². The van der Waals surface area contributed by atoms with Crippen molar-refractivity contribution >= 4 is 22.9 Å². The maximum absolute atomic E-state index is 13.0. The quantitative estimate of drug-likeness (QED) is 0.865. The van der Waals surface area contributed by atoms with Gasteiger partial charge in [-0.15, -0.1) is 0 Å². The summed E-state index contributed by atoms with van der Waals surface area (Å²) in [6.45, 7) is 1.94. The number of nitrogens with zero attached hydrogens (tertiary/aromatic N) is 1. The normalized spacial score (nSPS) is 18.7. The number of carbonyl (C=O) groups excluding carboxylic acids is 1. The van der Waals surface area contributed by atoms with Crippen LogP contribution < -0.4 is 14.8 Å². The van der Waals surface area contributed by atoms with E-state index in [1.807, 2.05) is 49.4 Å². The number of fused-ring (bicyclic) bond motifs is 2. The summed E-state index contributed by atoms with van der Waals surface area (Å²) >= 11 is 0. The predicted molar refractivity (Wildman–Crippen MR) is 106 cm³/mol. The fraction of sp³-hybridized carbons (Fsp3) is 0.273. The molecule has 138 valence electrons. The van der Waals surface area contributed by atoms with Gasteiger partial charge in [0.15, 0.2) is 5.78 Å². The van der Waals surface area contributed by atoms with Crippen LogP contribution in [-0.4, -0.2) is 25.7 Å². The monoisotopic (exact) mass is 362 g/mol. The van der Waals surface area contributed by atoms with Gasteiger partial charge in [0.1, 0.15) is 11.5 Å². The van der Waals surface area contributed by atoms with Gasteiger partial charge in [0.2, 0.25) is 0 Å². The first-order chi connectivity index (χ1) is 13.1. The van der Waals surface area contributed by atoms with E-state index in [9.17, 15) is 4.79 Å². The van der Waals surface area contributed by atoms with Crippen LogP contribution in [-0.2, 0) is 4.79 Å². The van der Waals surface area contributed by atoms with E-state index in [2.05, 4.69) is 5.32 Å². The Morgan fingerprint density at radius 2 is 1.89 bits per heavy atom. The minimum absolute atomic E-state index is 0.0268. The number of methoxy groups -OCH3 is 2. The molecular weight excluding hydrogens is 340 g/mol. The van der Waals surface area contributed by atoms with Crippen LogP contribution in [0.3, 0.4) is 0 Å². The summed E-state index contributed by atoms with van der Waals surface area (Å²) in [5.74, 6) is 1.61. The fourth-order valence-electron chi connectivity index (χ4n) is 3.88. The number of hydrogen-bond donors (Lipinski definition) is 1. The number of aliphatic imine (C=N–C) groups is 1. The predicted octanol–water partition coefficient (Wildman–Crippen LogP) is 4.62.